The first-order chi connectivity index (χ1) is 40.4. The number of aliphatic hydroxyl groups is 1. The minimum atomic E-state index is -2.32. The molecule has 3 aromatic heterocycles. The second-order valence-corrected chi connectivity index (χ2v) is 28.5. The second-order valence-electron chi connectivity index (χ2n) is 21.1. The van der Waals surface area contributed by atoms with Gasteiger partial charge in [-0.3, -0.25) is 4.79 Å². The van der Waals surface area contributed by atoms with Crippen molar-refractivity contribution in [3.05, 3.63) is 320 Å². The molecule has 0 unspecified atom stereocenters. The van der Waals surface area contributed by atoms with E-state index in [1.54, 1.807) is 0 Å². The number of allylic oxidation sites excluding steroid dienone is 2. The zero-order chi connectivity index (χ0) is 55.4. The Hall–Kier alpha value is -8.06. The molecule has 85 heavy (non-hydrogen) atoms. The first kappa shape index (κ1) is 58.7. The SMILES string of the molecule is CC(=O)C=C(C)O.[Rh].[Rh].[Rh].[c-]1cccc2c1-c1ncccc1C21c2ccccc2-c2ccccc21.[c-]1cccc2c1-c1ncccc1[Si]2(c1ccccc1)c1ccccc1.[c-]1cccc2c1-c1ncccc1[Si]21c2ccccc2-c2ccccc21. The normalized spacial score (nSPS) is 13.7. The summed E-state index contributed by atoms with van der Waals surface area (Å²) < 4.78 is 0. The standard InChI is InChI=1S/C24H14N.C23H14NSi.C23H16NSi.C5H8O2.3Rh/c1-4-11-19-16(8-1)17-9-2-5-12-20(17)24(19)21-13-6-3-10-18(21)23-22(24)14-7-15-25-23;1-4-11-19-16(8-1)17-9-2-5-12-20(17)25(19)21-13-6-3-10-18(21)23-22(25)14-7-15-24-23;1-3-10-18(11-4-1)25(19-12-5-2-6-13-19)21-15-8-7-14-20(21)23-22(25)16-9-17-24-23;1-4(6)3-5(2)7;;;/h2*1-9,11-15H;1-13,15-17H;3,6H,1-2H3;;;/q3*-1;;;;. The van der Waals surface area contributed by atoms with Gasteiger partial charge in [0, 0.05) is 88.5 Å². The van der Waals surface area contributed by atoms with Gasteiger partial charge in [0.15, 0.2) is 5.78 Å². The van der Waals surface area contributed by atoms with Crippen LogP contribution in [0.5, 0.6) is 0 Å². The van der Waals surface area contributed by atoms with Crippen LogP contribution < -0.4 is 41.5 Å². The first-order valence-electron chi connectivity index (χ1n) is 27.7. The summed E-state index contributed by atoms with van der Waals surface area (Å²) in [4.78, 5) is 24.3. The van der Waals surface area contributed by atoms with Gasteiger partial charge in [0.1, 0.15) is 16.1 Å². The van der Waals surface area contributed by atoms with Crippen LogP contribution in [0.2, 0.25) is 0 Å². The molecular formula is C75H52N3O2Rh3Si2-3. The molecule has 1 N–H and O–H groups in total. The number of rotatable bonds is 3. The minimum Gasteiger partial charge on any atom is -0.512 e. The molecule has 6 heterocycles. The van der Waals surface area contributed by atoms with E-state index in [-0.39, 0.29) is 75.4 Å². The second kappa shape index (κ2) is 24.1. The molecule has 3 radical (unpaired) electrons. The molecule has 2 aliphatic carbocycles. The molecule has 10 heteroatoms. The van der Waals surface area contributed by atoms with Crippen molar-refractivity contribution in [3.63, 3.8) is 0 Å². The number of ketones is 1. The Bertz CT molecular complexity index is 3700. The topological polar surface area (TPSA) is 76.0 Å². The summed E-state index contributed by atoms with van der Waals surface area (Å²) >= 11 is 0. The fraction of sp³-hybridized carbons (Fsp3) is 0.0400. The Morgan fingerprint density at radius 2 is 0.741 bits per heavy atom. The summed E-state index contributed by atoms with van der Waals surface area (Å²) in [6.45, 7) is 2.85. The van der Waals surface area contributed by atoms with Crippen molar-refractivity contribution in [1.29, 1.82) is 0 Å². The number of benzene rings is 9. The number of fused-ring (bicyclic) bond motifs is 23. The third kappa shape index (κ3) is 9.07. The Morgan fingerprint density at radius 3 is 1.24 bits per heavy atom. The largest absolute Gasteiger partial charge is 0.512 e. The van der Waals surface area contributed by atoms with E-state index in [4.69, 9.17) is 20.1 Å². The van der Waals surface area contributed by atoms with Gasteiger partial charge >= 0.3 is 0 Å². The van der Waals surface area contributed by atoms with Crippen molar-refractivity contribution < 1.29 is 68.3 Å². The van der Waals surface area contributed by atoms with Crippen LogP contribution in [0.4, 0.5) is 0 Å². The summed E-state index contributed by atoms with van der Waals surface area (Å²) in [7, 11) is -4.57. The van der Waals surface area contributed by atoms with Gasteiger partial charge in [-0.2, -0.15) is 0 Å². The molecule has 0 atom stereocenters. The number of hydrogen-bond donors (Lipinski definition) is 1. The summed E-state index contributed by atoms with van der Waals surface area (Å²) in [5.41, 5.74) is 17.2. The van der Waals surface area contributed by atoms with Gasteiger partial charge in [-0.1, -0.05) is 202 Å². The molecule has 12 aromatic rings. The van der Waals surface area contributed by atoms with Crippen molar-refractivity contribution >= 4 is 63.4 Å². The predicted molar refractivity (Wildman–Crippen MR) is 337 cm³/mol. The van der Waals surface area contributed by atoms with Gasteiger partial charge < -0.3 is 20.1 Å². The summed E-state index contributed by atoms with van der Waals surface area (Å²) in [5, 5.41) is 19.7. The van der Waals surface area contributed by atoms with Gasteiger partial charge in [0.2, 0.25) is 0 Å². The molecule has 5 aliphatic rings. The summed E-state index contributed by atoms with van der Waals surface area (Å²) in [6, 6.07) is 99.9. The quantitative estimate of drug-likeness (QED) is 0.0826. The van der Waals surface area contributed by atoms with Crippen LogP contribution in [0, 0.1) is 18.2 Å². The number of pyridine rings is 3. The van der Waals surface area contributed by atoms with E-state index < -0.39 is 16.1 Å². The average molecular weight is 1390 g/mol. The molecule has 3 aliphatic heterocycles. The van der Waals surface area contributed by atoms with E-state index >= 15 is 0 Å². The molecule has 5 nitrogen and oxygen atoms in total. The van der Waals surface area contributed by atoms with Gasteiger partial charge in [-0.05, 0) is 92.9 Å². The maximum Gasteiger partial charge on any atom is 0.155 e. The van der Waals surface area contributed by atoms with Crippen molar-refractivity contribution in [1.82, 2.24) is 15.0 Å². The van der Waals surface area contributed by atoms with Crippen LogP contribution in [-0.4, -0.2) is 42.0 Å². The average Bonchev–Trinajstić information content (AvgIpc) is 2.66. The maximum absolute atomic E-state index is 10.0. The summed E-state index contributed by atoms with van der Waals surface area (Å²) in [5.74, 6) is -0.0625. The number of carbonyl (C=O) groups is 1. The molecule has 0 amide bonds. The third-order valence-corrected chi connectivity index (χ3v) is 26.6. The molecule has 0 saturated heterocycles. The van der Waals surface area contributed by atoms with E-state index in [1.807, 2.05) is 36.8 Å². The van der Waals surface area contributed by atoms with Gasteiger partial charge in [0.25, 0.3) is 0 Å². The van der Waals surface area contributed by atoms with Crippen molar-refractivity contribution in [3.8, 4) is 56.0 Å². The van der Waals surface area contributed by atoms with Gasteiger partial charge in [-0.15, -0.1) is 105 Å². The molecule has 9 aromatic carbocycles. The molecule has 417 valence electrons. The van der Waals surface area contributed by atoms with E-state index in [0.717, 1.165) is 28.2 Å². The Morgan fingerprint density at radius 1 is 0.376 bits per heavy atom. The van der Waals surface area contributed by atoms with Crippen LogP contribution >= 0.6 is 0 Å². The molecule has 0 saturated carbocycles. The van der Waals surface area contributed by atoms with E-state index in [1.165, 1.54) is 111 Å². The number of carbonyl (C=O) groups excluding carboxylic acids is 1. The predicted octanol–water partition coefficient (Wildman–Crippen LogP) is 10.7. The zero-order valence-corrected chi connectivity index (χ0v) is 53.1. The van der Waals surface area contributed by atoms with Crippen LogP contribution in [0.25, 0.3) is 56.0 Å². The fourth-order valence-electron chi connectivity index (χ4n) is 14.1. The van der Waals surface area contributed by atoms with Gasteiger partial charge in [0.05, 0.1) is 5.76 Å². The molecule has 2 spiro atoms. The zero-order valence-electron chi connectivity index (χ0n) is 46.2. The Labute approximate surface area is 537 Å². The maximum atomic E-state index is 10.0. The van der Waals surface area contributed by atoms with Crippen molar-refractivity contribution in [2.75, 3.05) is 0 Å². The number of aliphatic hydroxyl groups excluding tert-OH is 1. The van der Waals surface area contributed by atoms with Gasteiger partial charge in [-0.25, -0.2) is 0 Å². The van der Waals surface area contributed by atoms with Crippen LogP contribution in [-0.2, 0) is 68.6 Å². The summed E-state index contributed by atoms with van der Waals surface area (Å²) in [6.07, 6.45) is 6.85. The first-order valence-corrected chi connectivity index (χ1v) is 31.7. The van der Waals surface area contributed by atoms with Crippen molar-refractivity contribution in [2.45, 2.75) is 19.3 Å². The molecular weight excluding hydrogens is 1340 g/mol. The van der Waals surface area contributed by atoms with Crippen molar-refractivity contribution in [2.24, 2.45) is 0 Å². The minimum absolute atomic E-state index is 0. The number of hydrogen-bond acceptors (Lipinski definition) is 5. The molecule has 17 rings (SSSR count). The molecule has 0 fully saturated rings. The number of nitrogens with zero attached hydrogens (tertiary/aromatic N) is 3. The Kier molecular flexibility index (Phi) is 16.7. The molecule has 0 bridgehead atoms. The Balaban J connectivity index is 0.000000124. The van der Waals surface area contributed by atoms with Crippen LogP contribution in [0.1, 0.15) is 36.1 Å². The fourth-order valence-corrected chi connectivity index (χ4v) is 24.6. The smallest absolute Gasteiger partial charge is 0.155 e. The van der Waals surface area contributed by atoms with Crippen LogP contribution in [0.3, 0.4) is 0 Å². The third-order valence-electron chi connectivity index (χ3n) is 16.9. The van der Waals surface area contributed by atoms with E-state index in [0.29, 0.717) is 0 Å². The number of aromatic nitrogens is 3. The monoisotopic (exact) mass is 1390 g/mol. The van der Waals surface area contributed by atoms with E-state index in [9.17, 15) is 4.79 Å². The van der Waals surface area contributed by atoms with Crippen LogP contribution in [0.15, 0.2) is 279 Å². The van der Waals surface area contributed by atoms with E-state index in [2.05, 4.69) is 249 Å².